The molecule has 108 valence electrons. The molecule has 0 fully saturated rings. The molecule has 2 aromatic rings. The first kappa shape index (κ1) is 15.1. The van der Waals surface area contributed by atoms with Gasteiger partial charge in [-0.3, -0.25) is 0 Å². The highest BCUT2D eigenvalue weighted by Gasteiger charge is 2.04. The summed E-state index contributed by atoms with van der Waals surface area (Å²) in [5, 5.41) is 0.658. The van der Waals surface area contributed by atoms with Gasteiger partial charge in [0.15, 0.2) is 0 Å². The average Bonchev–Trinajstić information content (AvgIpc) is 2.52. The van der Waals surface area contributed by atoms with Crippen molar-refractivity contribution < 1.29 is 14.3 Å². The third-order valence-corrected chi connectivity index (χ3v) is 3.10. The van der Waals surface area contributed by atoms with E-state index >= 15 is 0 Å². The third kappa shape index (κ3) is 4.65. The number of hydrogen-bond acceptors (Lipinski definition) is 3. The maximum atomic E-state index is 11.7. The summed E-state index contributed by atoms with van der Waals surface area (Å²) < 4.78 is 10.4. The number of benzene rings is 2. The fraction of sp³-hybridized carbons (Fsp3) is 0.118. The van der Waals surface area contributed by atoms with Crippen LogP contribution < -0.4 is 4.74 Å². The zero-order valence-corrected chi connectivity index (χ0v) is 12.3. The largest absolute Gasteiger partial charge is 0.496 e. The lowest BCUT2D eigenvalue weighted by atomic mass is 10.2. The molecule has 0 heterocycles. The Hall–Kier alpha value is -2.26. The Kier molecular flexibility index (Phi) is 5.41. The van der Waals surface area contributed by atoms with Gasteiger partial charge < -0.3 is 9.47 Å². The second-order valence-corrected chi connectivity index (χ2v) is 4.74. The monoisotopic (exact) mass is 302 g/mol. The Morgan fingerprint density at radius 2 is 1.86 bits per heavy atom. The summed E-state index contributed by atoms with van der Waals surface area (Å²) >= 11 is 5.79. The zero-order chi connectivity index (χ0) is 15.1. The van der Waals surface area contributed by atoms with Crippen molar-refractivity contribution in [1.29, 1.82) is 0 Å². The predicted octanol–water partition coefficient (Wildman–Crippen LogP) is 4.11. The van der Waals surface area contributed by atoms with Crippen molar-refractivity contribution in [1.82, 2.24) is 0 Å². The van der Waals surface area contributed by atoms with Gasteiger partial charge in [-0.05, 0) is 29.8 Å². The fourth-order valence-corrected chi connectivity index (χ4v) is 1.88. The van der Waals surface area contributed by atoms with Gasteiger partial charge in [0.2, 0.25) is 0 Å². The minimum absolute atomic E-state index is 0.174. The number of methoxy groups -OCH3 is 1. The summed E-state index contributed by atoms with van der Waals surface area (Å²) in [6.45, 7) is 0.174. The molecule has 0 radical (unpaired) electrons. The van der Waals surface area contributed by atoms with Gasteiger partial charge in [-0.1, -0.05) is 41.9 Å². The number of esters is 1. The van der Waals surface area contributed by atoms with Crippen molar-refractivity contribution in [3.05, 3.63) is 70.8 Å². The van der Waals surface area contributed by atoms with Gasteiger partial charge in [0.05, 0.1) is 7.11 Å². The summed E-state index contributed by atoms with van der Waals surface area (Å²) in [5.41, 5.74) is 1.71. The van der Waals surface area contributed by atoms with Gasteiger partial charge in [0, 0.05) is 16.7 Å². The van der Waals surface area contributed by atoms with Crippen LogP contribution in [-0.2, 0) is 16.1 Å². The van der Waals surface area contributed by atoms with E-state index in [9.17, 15) is 4.79 Å². The topological polar surface area (TPSA) is 35.5 Å². The lowest BCUT2D eigenvalue weighted by Gasteiger charge is -2.07. The van der Waals surface area contributed by atoms with Crippen LogP contribution in [0.2, 0.25) is 5.02 Å². The number of rotatable bonds is 5. The summed E-state index contributed by atoms with van der Waals surface area (Å²) in [5.74, 6) is 0.294. The first-order chi connectivity index (χ1) is 10.2. The number of halogens is 1. The maximum absolute atomic E-state index is 11.7. The molecule has 2 rings (SSSR count). The predicted molar refractivity (Wildman–Crippen MR) is 83.3 cm³/mol. The molecule has 0 N–H and O–H groups in total. The highest BCUT2D eigenvalue weighted by Crippen LogP contribution is 2.18. The quantitative estimate of drug-likeness (QED) is 0.616. The molecule has 21 heavy (non-hydrogen) atoms. The number of ether oxygens (including phenoxy) is 2. The third-order valence-electron chi connectivity index (χ3n) is 2.84. The lowest BCUT2D eigenvalue weighted by molar-refractivity contribution is -0.138. The van der Waals surface area contributed by atoms with Gasteiger partial charge in [-0.15, -0.1) is 0 Å². The van der Waals surface area contributed by atoms with E-state index in [4.69, 9.17) is 21.1 Å². The smallest absolute Gasteiger partial charge is 0.331 e. The summed E-state index contributed by atoms with van der Waals surface area (Å²) in [6, 6.07) is 14.6. The minimum Gasteiger partial charge on any atom is -0.496 e. The molecular formula is C17H15ClO3. The minimum atomic E-state index is -0.407. The van der Waals surface area contributed by atoms with Gasteiger partial charge >= 0.3 is 5.97 Å². The van der Waals surface area contributed by atoms with Crippen LogP contribution in [-0.4, -0.2) is 13.1 Å². The van der Waals surface area contributed by atoms with E-state index < -0.39 is 5.97 Å². The second kappa shape index (κ2) is 7.50. The summed E-state index contributed by atoms with van der Waals surface area (Å²) in [7, 11) is 1.58. The molecule has 0 aliphatic heterocycles. The SMILES string of the molecule is COc1ccccc1COC(=O)C=Cc1ccc(Cl)cc1. The molecule has 0 aromatic heterocycles. The van der Waals surface area contributed by atoms with Crippen molar-refractivity contribution in [3.63, 3.8) is 0 Å². The first-order valence-electron chi connectivity index (χ1n) is 6.41. The van der Waals surface area contributed by atoms with E-state index in [1.54, 1.807) is 25.3 Å². The van der Waals surface area contributed by atoms with Gasteiger partial charge in [-0.25, -0.2) is 4.79 Å². The van der Waals surface area contributed by atoms with E-state index in [2.05, 4.69) is 0 Å². The Morgan fingerprint density at radius 3 is 2.57 bits per heavy atom. The van der Waals surface area contributed by atoms with Crippen LogP contribution in [0.3, 0.4) is 0 Å². The van der Waals surface area contributed by atoms with Crippen LogP contribution in [0.15, 0.2) is 54.6 Å². The molecule has 0 aliphatic rings. The molecule has 0 spiro atoms. The number of carbonyl (C=O) groups is 1. The Bertz CT molecular complexity index is 633. The van der Waals surface area contributed by atoms with E-state index in [0.717, 1.165) is 11.1 Å². The van der Waals surface area contributed by atoms with Gasteiger partial charge in [0.1, 0.15) is 12.4 Å². The van der Waals surface area contributed by atoms with Crippen molar-refractivity contribution in [3.8, 4) is 5.75 Å². The Labute approximate surface area is 128 Å². The van der Waals surface area contributed by atoms with Crippen LogP contribution in [0.25, 0.3) is 6.08 Å². The van der Waals surface area contributed by atoms with E-state index in [0.29, 0.717) is 10.8 Å². The molecule has 0 unspecified atom stereocenters. The molecule has 3 nitrogen and oxygen atoms in total. The van der Waals surface area contributed by atoms with E-state index in [-0.39, 0.29) is 6.61 Å². The Balaban J connectivity index is 1.91. The Morgan fingerprint density at radius 1 is 1.14 bits per heavy atom. The fourth-order valence-electron chi connectivity index (χ4n) is 1.76. The standard InChI is InChI=1S/C17H15ClO3/c1-20-16-5-3-2-4-14(16)12-21-17(19)11-8-13-6-9-15(18)10-7-13/h2-11H,12H2,1H3. The van der Waals surface area contributed by atoms with Crippen LogP contribution in [0.1, 0.15) is 11.1 Å². The van der Waals surface area contributed by atoms with E-state index in [1.807, 2.05) is 36.4 Å². The van der Waals surface area contributed by atoms with Gasteiger partial charge in [-0.2, -0.15) is 0 Å². The highest BCUT2D eigenvalue weighted by molar-refractivity contribution is 6.30. The molecule has 0 saturated carbocycles. The highest BCUT2D eigenvalue weighted by atomic mass is 35.5. The molecule has 4 heteroatoms. The van der Waals surface area contributed by atoms with Crippen LogP contribution in [0.5, 0.6) is 5.75 Å². The first-order valence-corrected chi connectivity index (χ1v) is 6.79. The van der Waals surface area contributed by atoms with Crippen LogP contribution in [0.4, 0.5) is 0 Å². The molecule has 2 aromatic carbocycles. The number of para-hydroxylation sites is 1. The van der Waals surface area contributed by atoms with Crippen molar-refractivity contribution in [2.45, 2.75) is 6.61 Å². The van der Waals surface area contributed by atoms with Crippen LogP contribution in [0, 0.1) is 0 Å². The lowest BCUT2D eigenvalue weighted by Crippen LogP contribution is -2.02. The van der Waals surface area contributed by atoms with Crippen molar-refractivity contribution >= 4 is 23.6 Å². The summed E-state index contributed by atoms with van der Waals surface area (Å²) in [6.07, 6.45) is 3.07. The molecule has 0 amide bonds. The van der Waals surface area contributed by atoms with Crippen molar-refractivity contribution in [2.75, 3.05) is 7.11 Å². The molecule has 0 atom stereocenters. The molecule has 0 saturated heterocycles. The molecule has 0 aliphatic carbocycles. The average molecular weight is 303 g/mol. The van der Waals surface area contributed by atoms with Crippen LogP contribution >= 0.6 is 11.6 Å². The zero-order valence-electron chi connectivity index (χ0n) is 11.6. The number of hydrogen-bond donors (Lipinski definition) is 0. The van der Waals surface area contributed by atoms with Gasteiger partial charge in [0.25, 0.3) is 0 Å². The normalized spacial score (nSPS) is 10.6. The maximum Gasteiger partial charge on any atom is 0.331 e. The van der Waals surface area contributed by atoms with Crippen molar-refractivity contribution in [2.24, 2.45) is 0 Å². The summed E-state index contributed by atoms with van der Waals surface area (Å²) in [4.78, 5) is 11.7. The number of carbonyl (C=O) groups excluding carboxylic acids is 1. The second-order valence-electron chi connectivity index (χ2n) is 4.30. The molecular weight excluding hydrogens is 288 g/mol. The van der Waals surface area contributed by atoms with E-state index in [1.165, 1.54) is 6.08 Å². The molecule has 0 bridgehead atoms.